The lowest BCUT2D eigenvalue weighted by molar-refractivity contribution is 0.0855. The Morgan fingerprint density at radius 3 is 2.75 bits per heavy atom. The lowest BCUT2D eigenvalue weighted by Crippen LogP contribution is -2.21. The molecular formula is C9H9ClO2. The molecule has 1 aromatic heterocycles. The molecule has 12 heavy (non-hydrogen) atoms. The Morgan fingerprint density at radius 2 is 2.33 bits per heavy atom. The van der Waals surface area contributed by atoms with Crippen molar-refractivity contribution in [3.63, 3.8) is 0 Å². The standard InChI is InChI=1S/C9H9ClO2/c10-9-7(4-5-12-9)8(11)6-2-1-3-6/h4-6H,1-3H2. The van der Waals surface area contributed by atoms with Gasteiger partial charge in [-0.2, -0.15) is 0 Å². The zero-order valence-electron chi connectivity index (χ0n) is 6.55. The molecule has 3 heteroatoms. The van der Waals surface area contributed by atoms with E-state index in [4.69, 9.17) is 16.0 Å². The maximum Gasteiger partial charge on any atom is 0.203 e. The lowest BCUT2D eigenvalue weighted by Gasteiger charge is -2.22. The van der Waals surface area contributed by atoms with Crippen LogP contribution in [-0.4, -0.2) is 5.78 Å². The number of hydrogen-bond acceptors (Lipinski definition) is 2. The van der Waals surface area contributed by atoms with Crippen molar-refractivity contribution in [2.75, 3.05) is 0 Å². The third kappa shape index (κ3) is 1.16. The quantitative estimate of drug-likeness (QED) is 0.662. The first-order chi connectivity index (χ1) is 5.79. The summed E-state index contributed by atoms with van der Waals surface area (Å²) in [4.78, 5) is 11.6. The molecule has 0 aliphatic heterocycles. The zero-order valence-corrected chi connectivity index (χ0v) is 7.30. The predicted molar refractivity (Wildman–Crippen MR) is 45.4 cm³/mol. The molecule has 1 saturated carbocycles. The molecule has 0 unspecified atom stereocenters. The van der Waals surface area contributed by atoms with Crippen LogP contribution in [0.2, 0.25) is 5.22 Å². The van der Waals surface area contributed by atoms with E-state index in [-0.39, 0.29) is 16.9 Å². The van der Waals surface area contributed by atoms with Crippen molar-refractivity contribution < 1.29 is 9.21 Å². The lowest BCUT2D eigenvalue weighted by atomic mass is 9.80. The molecule has 0 radical (unpaired) electrons. The fraction of sp³-hybridized carbons (Fsp3) is 0.444. The Bertz CT molecular complexity index is 299. The van der Waals surface area contributed by atoms with Crippen LogP contribution >= 0.6 is 11.6 Å². The number of ketones is 1. The highest BCUT2D eigenvalue weighted by molar-refractivity contribution is 6.32. The fourth-order valence-corrected chi connectivity index (χ4v) is 1.57. The maximum atomic E-state index is 11.6. The van der Waals surface area contributed by atoms with Crippen LogP contribution in [0, 0.1) is 5.92 Å². The van der Waals surface area contributed by atoms with E-state index in [2.05, 4.69) is 0 Å². The first-order valence-corrected chi connectivity index (χ1v) is 4.44. The Kier molecular flexibility index (Phi) is 1.93. The smallest absolute Gasteiger partial charge is 0.203 e. The van der Waals surface area contributed by atoms with Gasteiger partial charge >= 0.3 is 0 Å². The van der Waals surface area contributed by atoms with Gasteiger partial charge in [0, 0.05) is 5.92 Å². The Morgan fingerprint density at radius 1 is 1.58 bits per heavy atom. The van der Waals surface area contributed by atoms with Gasteiger partial charge in [-0.25, -0.2) is 0 Å². The van der Waals surface area contributed by atoms with Gasteiger partial charge in [-0.1, -0.05) is 6.42 Å². The second kappa shape index (κ2) is 2.94. The van der Waals surface area contributed by atoms with Crippen molar-refractivity contribution in [3.05, 3.63) is 23.1 Å². The number of hydrogen-bond donors (Lipinski definition) is 0. The van der Waals surface area contributed by atoms with Crippen LogP contribution < -0.4 is 0 Å². The molecular weight excluding hydrogens is 176 g/mol. The van der Waals surface area contributed by atoms with E-state index in [0.717, 1.165) is 19.3 Å². The van der Waals surface area contributed by atoms with Gasteiger partial charge in [0.15, 0.2) is 5.78 Å². The summed E-state index contributed by atoms with van der Waals surface area (Å²) in [5.74, 6) is 0.333. The van der Waals surface area contributed by atoms with Gasteiger partial charge in [0.25, 0.3) is 0 Å². The molecule has 1 aromatic rings. The molecule has 0 N–H and O–H groups in total. The molecule has 0 spiro atoms. The summed E-state index contributed by atoms with van der Waals surface area (Å²) in [6.45, 7) is 0. The molecule has 0 atom stereocenters. The number of halogens is 1. The van der Waals surface area contributed by atoms with Crippen molar-refractivity contribution in [1.82, 2.24) is 0 Å². The molecule has 2 nitrogen and oxygen atoms in total. The minimum Gasteiger partial charge on any atom is -0.452 e. The summed E-state index contributed by atoms with van der Waals surface area (Å²) in [5, 5.41) is 0.229. The average molecular weight is 185 g/mol. The van der Waals surface area contributed by atoms with Crippen LogP contribution in [0.15, 0.2) is 16.7 Å². The van der Waals surface area contributed by atoms with Crippen LogP contribution in [0.5, 0.6) is 0 Å². The largest absolute Gasteiger partial charge is 0.452 e. The zero-order chi connectivity index (χ0) is 8.55. The van der Waals surface area contributed by atoms with Crippen molar-refractivity contribution >= 4 is 17.4 Å². The minimum atomic E-state index is 0.139. The van der Waals surface area contributed by atoms with E-state index < -0.39 is 0 Å². The van der Waals surface area contributed by atoms with Gasteiger partial charge in [-0.15, -0.1) is 0 Å². The number of carbonyl (C=O) groups is 1. The summed E-state index contributed by atoms with van der Waals surface area (Å²) in [5.41, 5.74) is 0.543. The topological polar surface area (TPSA) is 30.2 Å². The first kappa shape index (κ1) is 7.87. The van der Waals surface area contributed by atoms with Crippen LogP contribution in [0.25, 0.3) is 0 Å². The third-order valence-electron chi connectivity index (χ3n) is 2.36. The summed E-state index contributed by atoms with van der Waals surface area (Å²) < 4.78 is 4.85. The van der Waals surface area contributed by atoms with E-state index in [1.807, 2.05) is 0 Å². The Balaban J connectivity index is 2.19. The molecule has 1 fully saturated rings. The van der Waals surface area contributed by atoms with Crippen molar-refractivity contribution in [2.24, 2.45) is 5.92 Å². The van der Waals surface area contributed by atoms with E-state index in [1.165, 1.54) is 6.26 Å². The summed E-state index contributed by atoms with van der Waals surface area (Å²) in [7, 11) is 0. The first-order valence-electron chi connectivity index (χ1n) is 4.06. The van der Waals surface area contributed by atoms with Gasteiger partial charge in [-0.3, -0.25) is 4.79 Å². The highest BCUT2D eigenvalue weighted by Crippen LogP contribution is 2.32. The minimum absolute atomic E-state index is 0.139. The maximum absolute atomic E-state index is 11.6. The number of Topliss-reactive ketones (excluding diaryl/α,β-unsaturated/α-hetero) is 1. The molecule has 0 aromatic carbocycles. The normalized spacial score (nSPS) is 17.4. The number of carbonyl (C=O) groups excluding carboxylic acids is 1. The monoisotopic (exact) mass is 184 g/mol. The number of rotatable bonds is 2. The summed E-state index contributed by atoms with van der Waals surface area (Å²) >= 11 is 5.67. The van der Waals surface area contributed by atoms with Gasteiger partial charge in [-0.05, 0) is 30.5 Å². The van der Waals surface area contributed by atoms with Gasteiger partial charge < -0.3 is 4.42 Å². The van der Waals surface area contributed by atoms with Gasteiger partial charge in [0.2, 0.25) is 5.22 Å². The van der Waals surface area contributed by atoms with Gasteiger partial charge in [0.05, 0.1) is 11.8 Å². The average Bonchev–Trinajstić information content (AvgIpc) is 2.31. The van der Waals surface area contributed by atoms with Crippen LogP contribution in [0.1, 0.15) is 29.6 Å². The molecule has 1 aliphatic carbocycles. The van der Waals surface area contributed by atoms with Gasteiger partial charge in [0.1, 0.15) is 0 Å². The van der Waals surface area contributed by atoms with E-state index in [0.29, 0.717) is 5.56 Å². The number of furan rings is 1. The molecule has 64 valence electrons. The highest BCUT2D eigenvalue weighted by atomic mass is 35.5. The molecule has 1 heterocycles. The van der Waals surface area contributed by atoms with Crippen LogP contribution in [0.3, 0.4) is 0 Å². The fourth-order valence-electron chi connectivity index (χ4n) is 1.36. The summed E-state index contributed by atoms with van der Waals surface area (Å²) in [6, 6.07) is 1.64. The molecule has 2 rings (SSSR count). The molecule has 0 amide bonds. The molecule has 0 saturated heterocycles. The molecule has 1 aliphatic rings. The summed E-state index contributed by atoms with van der Waals surface area (Å²) in [6.07, 6.45) is 4.61. The second-order valence-electron chi connectivity index (χ2n) is 3.10. The highest BCUT2D eigenvalue weighted by Gasteiger charge is 2.28. The van der Waals surface area contributed by atoms with Crippen LogP contribution in [-0.2, 0) is 0 Å². The van der Waals surface area contributed by atoms with E-state index >= 15 is 0 Å². The van der Waals surface area contributed by atoms with Crippen LogP contribution in [0.4, 0.5) is 0 Å². The van der Waals surface area contributed by atoms with E-state index in [1.54, 1.807) is 6.07 Å². The molecule has 0 bridgehead atoms. The SMILES string of the molecule is O=C(c1ccoc1Cl)C1CCC1. The Hall–Kier alpha value is -0.760. The van der Waals surface area contributed by atoms with Crippen molar-refractivity contribution in [3.8, 4) is 0 Å². The second-order valence-corrected chi connectivity index (χ2v) is 3.44. The predicted octanol–water partition coefficient (Wildman–Crippen LogP) is 2.92. The van der Waals surface area contributed by atoms with Crippen molar-refractivity contribution in [1.29, 1.82) is 0 Å². The third-order valence-corrected chi connectivity index (χ3v) is 2.65. The van der Waals surface area contributed by atoms with E-state index in [9.17, 15) is 4.79 Å². The van der Waals surface area contributed by atoms with Crippen molar-refractivity contribution in [2.45, 2.75) is 19.3 Å². The Labute approximate surface area is 75.5 Å².